The Hall–Kier alpha value is -0.850. The molecule has 0 aliphatic rings. The van der Waals surface area contributed by atoms with Crippen molar-refractivity contribution < 1.29 is 18.0 Å². The average molecular weight is 256 g/mol. The minimum atomic E-state index is -4.33. The van der Waals surface area contributed by atoms with Gasteiger partial charge in [-0.1, -0.05) is 26.1 Å². The number of carbonyl (C=O) groups is 1. The minimum absolute atomic E-state index is 0.0488. The molecule has 0 bridgehead atoms. The first kappa shape index (κ1) is 15.2. The van der Waals surface area contributed by atoms with Gasteiger partial charge in [-0.25, -0.2) is 0 Å². The largest absolute Gasteiger partial charge is 0.392 e. The van der Waals surface area contributed by atoms with Gasteiger partial charge in [-0.15, -0.1) is 0 Å². The highest BCUT2D eigenvalue weighted by Gasteiger charge is 2.28. The molecular formula is C9H15F3N2OS. The zero-order valence-corrected chi connectivity index (χ0v) is 9.91. The van der Waals surface area contributed by atoms with Gasteiger partial charge in [0.2, 0.25) is 5.91 Å². The predicted octanol–water partition coefficient (Wildman–Crippen LogP) is 1.76. The lowest BCUT2D eigenvalue weighted by Gasteiger charge is -2.21. The molecule has 0 radical (unpaired) electrons. The fraction of sp³-hybridized carbons (Fsp3) is 0.778. The van der Waals surface area contributed by atoms with Crippen LogP contribution in [-0.4, -0.2) is 23.1 Å². The van der Waals surface area contributed by atoms with E-state index in [0.29, 0.717) is 0 Å². The molecule has 94 valence electrons. The van der Waals surface area contributed by atoms with Crippen LogP contribution in [0.4, 0.5) is 13.2 Å². The summed E-state index contributed by atoms with van der Waals surface area (Å²) >= 11 is 4.71. The highest BCUT2D eigenvalue weighted by atomic mass is 32.1. The van der Waals surface area contributed by atoms with Crippen LogP contribution in [0.25, 0.3) is 0 Å². The first-order chi connectivity index (χ1) is 7.13. The van der Waals surface area contributed by atoms with E-state index in [1.165, 1.54) is 0 Å². The Balaban J connectivity index is 4.17. The molecule has 3 N–H and O–H groups in total. The summed E-state index contributed by atoms with van der Waals surface area (Å²) in [6.45, 7) is 3.54. The van der Waals surface area contributed by atoms with E-state index < -0.39 is 31.0 Å². The maximum atomic E-state index is 11.8. The second kappa shape index (κ2) is 6.03. The van der Waals surface area contributed by atoms with Gasteiger partial charge in [0.25, 0.3) is 0 Å². The maximum absolute atomic E-state index is 11.8. The Morgan fingerprint density at radius 1 is 1.44 bits per heavy atom. The van der Waals surface area contributed by atoms with E-state index >= 15 is 0 Å². The summed E-state index contributed by atoms with van der Waals surface area (Å²) in [5.41, 5.74) is 5.36. The molecule has 16 heavy (non-hydrogen) atoms. The number of hydrogen-bond donors (Lipinski definition) is 2. The Morgan fingerprint density at radius 2 is 1.94 bits per heavy atom. The molecule has 0 aromatic carbocycles. The monoisotopic (exact) mass is 256 g/mol. The second-order valence-electron chi connectivity index (χ2n) is 3.81. The van der Waals surface area contributed by atoms with E-state index in [0.717, 1.165) is 0 Å². The van der Waals surface area contributed by atoms with Crippen molar-refractivity contribution in [2.45, 2.75) is 38.9 Å². The van der Waals surface area contributed by atoms with Crippen molar-refractivity contribution in [3.8, 4) is 0 Å². The molecule has 0 heterocycles. The summed E-state index contributed by atoms with van der Waals surface area (Å²) in [5.74, 6) is -0.740. The zero-order chi connectivity index (χ0) is 12.9. The lowest BCUT2D eigenvalue weighted by molar-refractivity contribution is -0.144. The first-order valence-electron chi connectivity index (χ1n) is 4.79. The highest BCUT2D eigenvalue weighted by Crippen LogP contribution is 2.21. The summed E-state index contributed by atoms with van der Waals surface area (Å²) in [6.07, 6.45) is -6.07. The van der Waals surface area contributed by atoms with Crippen LogP contribution >= 0.6 is 12.2 Å². The van der Waals surface area contributed by atoms with Crippen LogP contribution in [0.2, 0.25) is 0 Å². The Kier molecular flexibility index (Phi) is 5.71. The molecule has 0 aromatic heterocycles. The topological polar surface area (TPSA) is 55.1 Å². The Bertz CT molecular complexity index is 266. The lowest BCUT2D eigenvalue weighted by Crippen LogP contribution is -2.46. The van der Waals surface area contributed by atoms with E-state index in [9.17, 15) is 18.0 Å². The van der Waals surface area contributed by atoms with Gasteiger partial charge < -0.3 is 11.1 Å². The van der Waals surface area contributed by atoms with E-state index in [4.69, 9.17) is 18.0 Å². The van der Waals surface area contributed by atoms with Crippen LogP contribution in [0.15, 0.2) is 0 Å². The molecule has 0 aromatic rings. The summed E-state index contributed by atoms with van der Waals surface area (Å²) < 4.78 is 35.5. The molecule has 0 saturated heterocycles. The maximum Gasteiger partial charge on any atom is 0.389 e. The molecule has 0 fully saturated rings. The highest BCUT2D eigenvalue weighted by molar-refractivity contribution is 7.80. The number of thiocarbonyl (C=S) groups is 1. The third-order valence-electron chi connectivity index (χ3n) is 1.93. The summed E-state index contributed by atoms with van der Waals surface area (Å²) in [4.78, 5) is 11.3. The van der Waals surface area contributed by atoms with Gasteiger partial charge in [0.05, 0.1) is 17.5 Å². The molecule has 0 aliphatic carbocycles. The van der Waals surface area contributed by atoms with Gasteiger partial charge in [-0.2, -0.15) is 13.2 Å². The van der Waals surface area contributed by atoms with Gasteiger partial charge in [0.1, 0.15) is 0 Å². The first-order valence-corrected chi connectivity index (χ1v) is 5.19. The van der Waals surface area contributed by atoms with E-state index in [1.807, 2.05) is 0 Å². The van der Waals surface area contributed by atoms with Crippen LogP contribution in [0.1, 0.15) is 26.7 Å². The molecular weight excluding hydrogens is 241 g/mol. The minimum Gasteiger partial charge on any atom is -0.392 e. The van der Waals surface area contributed by atoms with Crippen LogP contribution in [0.5, 0.6) is 0 Å². The Morgan fingerprint density at radius 3 is 2.25 bits per heavy atom. The van der Waals surface area contributed by atoms with Crippen molar-refractivity contribution in [3.05, 3.63) is 0 Å². The van der Waals surface area contributed by atoms with E-state index in [-0.39, 0.29) is 10.9 Å². The molecule has 0 rings (SSSR count). The van der Waals surface area contributed by atoms with Crippen LogP contribution in [0.3, 0.4) is 0 Å². The number of alkyl halides is 3. The van der Waals surface area contributed by atoms with Gasteiger partial charge in [0.15, 0.2) is 0 Å². The normalized spacial score (nSPS) is 13.6. The van der Waals surface area contributed by atoms with Crippen LogP contribution in [0, 0.1) is 5.92 Å². The van der Waals surface area contributed by atoms with E-state index in [2.05, 4.69) is 5.32 Å². The molecule has 1 unspecified atom stereocenters. The molecule has 1 atom stereocenters. The van der Waals surface area contributed by atoms with Crippen LogP contribution < -0.4 is 11.1 Å². The number of nitrogens with one attached hydrogen (secondary N) is 1. The van der Waals surface area contributed by atoms with Gasteiger partial charge in [-0.05, 0) is 5.92 Å². The molecule has 7 heteroatoms. The van der Waals surface area contributed by atoms with Crippen molar-refractivity contribution >= 4 is 23.1 Å². The number of nitrogens with two attached hydrogens (primary N) is 1. The molecule has 0 saturated carbocycles. The predicted molar refractivity (Wildman–Crippen MR) is 58.8 cm³/mol. The van der Waals surface area contributed by atoms with Crippen LogP contribution in [-0.2, 0) is 4.79 Å². The fourth-order valence-electron chi connectivity index (χ4n) is 1.07. The number of amides is 1. The summed E-state index contributed by atoms with van der Waals surface area (Å²) in [5, 5.41) is 2.38. The molecule has 0 spiro atoms. The molecule has 0 aliphatic heterocycles. The van der Waals surface area contributed by atoms with Gasteiger partial charge in [0, 0.05) is 6.42 Å². The van der Waals surface area contributed by atoms with Crippen molar-refractivity contribution in [1.29, 1.82) is 0 Å². The zero-order valence-electron chi connectivity index (χ0n) is 9.10. The van der Waals surface area contributed by atoms with Gasteiger partial charge >= 0.3 is 6.18 Å². The van der Waals surface area contributed by atoms with Gasteiger partial charge in [-0.3, -0.25) is 4.79 Å². The van der Waals surface area contributed by atoms with Crippen molar-refractivity contribution in [2.75, 3.05) is 0 Å². The molecule has 3 nitrogen and oxygen atoms in total. The van der Waals surface area contributed by atoms with Crippen molar-refractivity contribution in [1.82, 2.24) is 5.32 Å². The lowest BCUT2D eigenvalue weighted by atomic mass is 10.0. The Labute approximate surface area is 97.6 Å². The number of halogens is 3. The van der Waals surface area contributed by atoms with Crippen molar-refractivity contribution in [3.63, 3.8) is 0 Å². The number of rotatable bonds is 5. The fourth-order valence-corrected chi connectivity index (χ4v) is 1.40. The van der Waals surface area contributed by atoms with Crippen molar-refractivity contribution in [2.24, 2.45) is 11.7 Å². The number of hydrogen-bond acceptors (Lipinski definition) is 2. The molecule has 1 amide bonds. The third-order valence-corrected chi connectivity index (χ3v) is 2.18. The average Bonchev–Trinajstić information content (AvgIpc) is 2.08. The summed E-state index contributed by atoms with van der Waals surface area (Å²) in [7, 11) is 0. The van der Waals surface area contributed by atoms with E-state index in [1.54, 1.807) is 13.8 Å². The standard InChI is InChI=1S/C9H15F3N2OS/c1-5(2)7(8(13)16)14-6(15)3-4-9(10,11)12/h5,7H,3-4H2,1-2H3,(H2,13,16)(H,14,15). The summed E-state index contributed by atoms with van der Waals surface area (Å²) in [6, 6.07) is -0.560. The number of carbonyl (C=O) groups excluding carboxylic acids is 1. The third kappa shape index (κ3) is 6.60. The SMILES string of the molecule is CC(C)C(NC(=O)CCC(F)(F)F)C(N)=S. The smallest absolute Gasteiger partial charge is 0.389 e. The quantitative estimate of drug-likeness (QED) is 0.737. The second-order valence-corrected chi connectivity index (χ2v) is 4.28.